The van der Waals surface area contributed by atoms with Crippen molar-refractivity contribution >= 4 is 37.8 Å². The lowest BCUT2D eigenvalue weighted by molar-refractivity contribution is 0.0951. The molecule has 0 bridgehead atoms. The van der Waals surface area contributed by atoms with Crippen molar-refractivity contribution in [3.8, 4) is 0 Å². The van der Waals surface area contributed by atoms with Crippen molar-refractivity contribution in [2.45, 2.75) is 13.1 Å². The maximum Gasteiger partial charge on any atom is 0.251 e. The van der Waals surface area contributed by atoms with Gasteiger partial charge in [-0.05, 0) is 29.3 Å². The van der Waals surface area contributed by atoms with Gasteiger partial charge in [-0.3, -0.25) is 4.79 Å². The van der Waals surface area contributed by atoms with E-state index in [1.807, 2.05) is 30.3 Å². The first-order valence-corrected chi connectivity index (χ1v) is 7.69. The summed E-state index contributed by atoms with van der Waals surface area (Å²) in [5, 5.41) is 2.90. The van der Waals surface area contributed by atoms with E-state index in [1.165, 1.54) is 0 Å². The van der Waals surface area contributed by atoms with E-state index in [2.05, 4.69) is 37.2 Å². The second-order valence-corrected chi connectivity index (χ2v) is 6.19. The van der Waals surface area contributed by atoms with Crippen LogP contribution in [0.25, 0.3) is 0 Å². The fraction of sp³-hybridized carbons (Fsp3) is 0.133. The van der Waals surface area contributed by atoms with Crippen LogP contribution < -0.4 is 11.1 Å². The lowest BCUT2D eigenvalue weighted by Crippen LogP contribution is -2.22. The number of nitrogens with two attached hydrogens (primary N) is 1. The first-order chi connectivity index (χ1) is 9.58. The summed E-state index contributed by atoms with van der Waals surface area (Å²) in [6.07, 6.45) is 0. The van der Waals surface area contributed by atoms with E-state index in [-0.39, 0.29) is 5.91 Å². The van der Waals surface area contributed by atoms with Gasteiger partial charge < -0.3 is 11.1 Å². The predicted molar refractivity (Wildman–Crippen MR) is 87.3 cm³/mol. The molecule has 0 aliphatic heterocycles. The standard InChI is InChI=1S/C15H14Br2N2O/c16-13-5-12(6-14(17)7-13)15(20)19-9-11-3-1-10(8-18)2-4-11/h1-7H,8-9,18H2,(H,19,20). The van der Waals surface area contributed by atoms with Crippen LogP contribution in [0.4, 0.5) is 0 Å². The number of nitrogens with one attached hydrogen (secondary N) is 1. The largest absolute Gasteiger partial charge is 0.348 e. The van der Waals surface area contributed by atoms with Crippen LogP contribution >= 0.6 is 31.9 Å². The van der Waals surface area contributed by atoms with Crippen molar-refractivity contribution in [2.24, 2.45) is 5.73 Å². The van der Waals surface area contributed by atoms with Gasteiger partial charge in [0.15, 0.2) is 0 Å². The fourth-order valence-corrected chi connectivity index (χ4v) is 3.06. The molecule has 0 heterocycles. The highest BCUT2D eigenvalue weighted by Gasteiger charge is 2.07. The predicted octanol–water partition coefficient (Wildman–Crippen LogP) is 3.60. The molecule has 0 fully saturated rings. The highest BCUT2D eigenvalue weighted by Crippen LogP contribution is 2.20. The van der Waals surface area contributed by atoms with Crippen LogP contribution in [0, 0.1) is 0 Å². The van der Waals surface area contributed by atoms with Gasteiger partial charge in [-0.2, -0.15) is 0 Å². The van der Waals surface area contributed by atoms with E-state index in [1.54, 1.807) is 12.1 Å². The molecule has 0 aromatic heterocycles. The van der Waals surface area contributed by atoms with E-state index in [9.17, 15) is 4.79 Å². The van der Waals surface area contributed by atoms with E-state index in [0.717, 1.165) is 20.1 Å². The molecule has 3 nitrogen and oxygen atoms in total. The fourth-order valence-electron chi connectivity index (χ4n) is 1.76. The maximum absolute atomic E-state index is 12.1. The summed E-state index contributed by atoms with van der Waals surface area (Å²) in [7, 11) is 0. The molecule has 5 heteroatoms. The summed E-state index contributed by atoms with van der Waals surface area (Å²) in [6.45, 7) is 1.02. The number of carbonyl (C=O) groups is 1. The van der Waals surface area contributed by atoms with Gasteiger partial charge in [0.25, 0.3) is 5.91 Å². The third kappa shape index (κ3) is 4.16. The van der Waals surface area contributed by atoms with Crippen molar-refractivity contribution in [2.75, 3.05) is 0 Å². The van der Waals surface area contributed by atoms with Crippen LogP contribution in [-0.2, 0) is 13.1 Å². The summed E-state index contributed by atoms with van der Waals surface area (Å²) < 4.78 is 1.73. The van der Waals surface area contributed by atoms with E-state index >= 15 is 0 Å². The SMILES string of the molecule is NCc1ccc(CNC(=O)c2cc(Br)cc(Br)c2)cc1. The van der Waals surface area contributed by atoms with Gasteiger partial charge >= 0.3 is 0 Å². The third-order valence-electron chi connectivity index (χ3n) is 2.84. The van der Waals surface area contributed by atoms with E-state index in [0.29, 0.717) is 18.7 Å². The first-order valence-electron chi connectivity index (χ1n) is 6.10. The molecule has 1 amide bonds. The van der Waals surface area contributed by atoms with Gasteiger partial charge in [0, 0.05) is 27.6 Å². The Morgan fingerprint density at radius 3 is 2.10 bits per heavy atom. The van der Waals surface area contributed by atoms with Gasteiger partial charge in [0.1, 0.15) is 0 Å². The average molecular weight is 398 g/mol. The molecular formula is C15H14Br2N2O. The number of rotatable bonds is 4. The highest BCUT2D eigenvalue weighted by molar-refractivity contribution is 9.11. The summed E-state index contributed by atoms with van der Waals surface area (Å²) >= 11 is 6.74. The number of carbonyl (C=O) groups excluding carboxylic acids is 1. The van der Waals surface area contributed by atoms with E-state index in [4.69, 9.17) is 5.73 Å². The van der Waals surface area contributed by atoms with Gasteiger partial charge in [-0.25, -0.2) is 0 Å². The van der Waals surface area contributed by atoms with Gasteiger partial charge in [-0.15, -0.1) is 0 Å². The zero-order valence-electron chi connectivity index (χ0n) is 10.7. The minimum Gasteiger partial charge on any atom is -0.348 e. The molecule has 20 heavy (non-hydrogen) atoms. The molecule has 2 aromatic carbocycles. The second-order valence-electron chi connectivity index (χ2n) is 4.36. The smallest absolute Gasteiger partial charge is 0.251 e. The minimum atomic E-state index is -0.102. The molecule has 0 aliphatic rings. The van der Waals surface area contributed by atoms with Crippen molar-refractivity contribution in [1.29, 1.82) is 0 Å². The topological polar surface area (TPSA) is 55.1 Å². The van der Waals surface area contributed by atoms with Gasteiger partial charge in [0.2, 0.25) is 0 Å². The molecule has 0 atom stereocenters. The van der Waals surface area contributed by atoms with Crippen LogP contribution in [0.3, 0.4) is 0 Å². The Balaban J connectivity index is 2.00. The molecule has 2 aromatic rings. The molecule has 104 valence electrons. The molecule has 0 aliphatic carbocycles. The maximum atomic E-state index is 12.1. The Hall–Kier alpha value is -1.17. The normalized spacial score (nSPS) is 10.3. The van der Waals surface area contributed by atoms with Crippen molar-refractivity contribution < 1.29 is 4.79 Å². The van der Waals surface area contributed by atoms with Gasteiger partial charge in [0.05, 0.1) is 0 Å². The van der Waals surface area contributed by atoms with Crippen LogP contribution in [-0.4, -0.2) is 5.91 Å². The Morgan fingerprint density at radius 1 is 1.00 bits per heavy atom. The lowest BCUT2D eigenvalue weighted by Gasteiger charge is -2.07. The summed E-state index contributed by atoms with van der Waals surface area (Å²) in [4.78, 5) is 12.1. The number of benzene rings is 2. The second kappa shape index (κ2) is 7.02. The quantitative estimate of drug-likeness (QED) is 0.827. The third-order valence-corrected chi connectivity index (χ3v) is 3.75. The number of halogens is 2. The number of hydrogen-bond donors (Lipinski definition) is 2. The van der Waals surface area contributed by atoms with Crippen molar-refractivity contribution in [3.05, 3.63) is 68.1 Å². The summed E-state index contributed by atoms with van der Waals surface area (Å²) in [5.74, 6) is -0.102. The number of hydrogen-bond acceptors (Lipinski definition) is 2. The van der Waals surface area contributed by atoms with Gasteiger partial charge in [-0.1, -0.05) is 56.1 Å². The molecule has 3 N–H and O–H groups in total. The van der Waals surface area contributed by atoms with Crippen molar-refractivity contribution in [1.82, 2.24) is 5.32 Å². The molecular weight excluding hydrogens is 384 g/mol. The Kier molecular flexibility index (Phi) is 5.34. The molecule has 0 saturated heterocycles. The monoisotopic (exact) mass is 396 g/mol. The molecule has 0 unspecified atom stereocenters. The van der Waals surface area contributed by atoms with Crippen LogP contribution in [0.5, 0.6) is 0 Å². The Bertz CT molecular complexity index is 592. The highest BCUT2D eigenvalue weighted by atomic mass is 79.9. The zero-order chi connectivity index (χ0) is 14.5. The van der Waals surface area contributed by atoms with Crippen LogP contribution in [0.15, 0.2) is 51.4 Å². The summed E-state index contributed by atoms with van der Waals surface area (Å²) in [5.41, 5.74) is 8.29. The lowest BCUT2D eigenvalue weighted by atomic mass is 10.1. The van der Waals surface area contributed by atoms with E-state index < -0.39 is 0 Å². The molecule has 0 saturated carbocycles. The average Bonchev–Trinajstić information content (AvgIpc) is 2.44. The van der Waals surface area contributed by atoms with Crippen LogP contribution in [0.1, 0.15) is 21.5 Å². The minimum absolute atomic E-state index is 0.102. The summed E-state index contributed by atoms with van der Waals surface area (Å²) in [6, 6.07) is 13.4. The molecule has 0 radical (unpaired) electrons. The van der Waals surface area contributed by atoms with Crippen LogP contribution in [0.2, 0.25) is 0 Å². The molecule has 0 spiro atoms. The zero-order valence-corrected chi connectivity index (χ0v) is 13.9. The number of amides is 1. The van der Waals surface area contributed by atoms with Crippen molar-refractivity contribution in [3.63, 3.8) is 0 Å². The first kappa shape index (κ1) is 15.2. The Labute approximate surface area is 134 Å². The Morgan fingerprint density at radius 2 is 1.55 bits per heavy atom. The molecule has 2 rings (SSSR count).